The summed E-state index contributed by atoms with van der Waals surface area (Å²) in [5, 5.41) is 93.9. The first-order chi connectivity index (χ1) is 43.7. The van der Waals surface area contributed by atoms with E-state index in [9.17, 15) is 78.9 Å². The van der Waals surface area contributed by atoms with E-state index < -0.39 is 175 Å². The molecule has 19 N–H and O–H groups in total. The van der Waals surface area contributed by atoms with Crippen LogP contribution in [0, 0.1) is 11.8 Å². The topological polar surface area (TPSA) is 461 Å². The number of quaternary nitrogens is 1. The van der Waals surface area contributed by atoms with E-state index in [0.29, 0.717) is 49.6 Å². The van der Waals surface area contributed by atoms with E-state index in [1.165, 1.54) is 26.8 Å². The van der Waals surface area contributed by atoms with Crippen molar-refractivity contribution in [3.8, 4) is 0 Å². The predicted octanol–water partition coefficient (Wildman–Crippen LogP) is -0.570. The van der Waals surface area contributed by atoms with Crippen molar-refractivity contribution in [3.05, 3.63) is 11.8 Å². The molecule has 2 saturated heterocycles. The fourth-order valence-corrected chi connectivity index (χ4v) is 12.4. The van der Waals surface area contributed by atoms with E-state index in [2.05, 4.69) is 42.5 Å². The Morgan fingerprint density at radius 3 is 1.70 bits per heavy atom. The fourth-order valence-electron chi connectivity index (χ4n) is 11.3. The summed E-state index contributed by atoms with van der Waals surface area (Å²) in [7, 11) is 5.91. The lowest BCUT2D eigenvalue weighted by atomic mass is 9.88. The Hall–Kier alpha value is -5.53. The summed E-state index contributed by atoms with van der Waals surface area (Å²) in [6.45, 7) is 8.22. The molecule has 2 fully saturated rings. The lowest BCUT2D eigenvalue weighted by Gasteiger charge is -2.38. The Balaban J connectivity index is 1.96. The molecule has 93 heavy (non-hydrogen) atoms. The van der Waals surface area contributed by atoms with Crippen molar-refractivity contribution in [3.63, 3.8) is 0 Å². The average Bonchev–Trinajstić information content (AvgIpc) is 1.74. The molecule has 0 bridgehead atoms. The number of rotatable bonds is 40. The van der Waals surface area contributed by atoms with Crippen molar-refractivity contribution in [1.29, 1.82) is 0 Å². The highest BCUT2D eigenvalue weighted by Crippen LogP contribution is 2.26. The smallest absolute Gasteiger partial charge is 0.268 e. The first kappa shape index (κ1) is 83.6. The van der Waals surface area contributed by atoms with Gasteiger partial charge in [0.15, 0.2) is 0 Å². The van der Waals surface area contributed by atoms with Crippen LogP contribution in [0.3, 0.4) is 0 Å². The van der Waals surface area contributed by atoms with Gasteiger partial charge in [-0.3, -0.25) is 47.9 Å². The monoisotopic (exact) mass is 1340 g/mol. The summed E-state index contributed by atoms with van der Waals surface area (Å²) in [4.78, 5) is 137. The molecule has 10 amide bonds. The van der Waals surface area contributed by atoms with Gasteiger partial charge in [0.25, 0.3) is 5.91 Å². The standard InChI is InChI=1S/C64H115N11O17S/c1-9-39(3)55-62(91)74-64(38-93-30-29-67-58(87)50(35-54(66)84)70-60(89)49(72-63(64)92)27-28-53(65)83)36-51(61(90)69-48(10-2)59(88)73-55)71-57(86)41(5)68-56(85)40(4)52(82)24-22-20-18-16-14-12-11-13-15-17-19-21-23-42(76)31-45(79)33-47(81)34-46(80)32-43(77)25-26-44(78)37-75(6,7)8/h10,39-47,49-52,55,76-82H,9,11-38H2,1-8H3,(H11-,65,66,67,68,69,70,71,72,73,74,83,84,85,86,87,88,89,90,91,92)/p+1/b48-10+/t39-,40?,41-,42?,43?,44?,45?,46?,47?,49-,50-,51?,52?,55-,64?/m0/s1. The van der Waals surface area contributed by atoms with Crippen molar-refractivity contribution in [2.24, 2.45) is 23.3 Å². The highest BCUT2D eigenvalue weighted by atomic mass is 32.2. The Morgan fingerprint density at radius 1 is 0.645 bits per heavy atom. The van der Waals surface area contributed by atoms with Gasteiger partial charge in [-0.1, -0.05) is 110 Å². The summed E-state index contributed by atoms with van der Waals surface area (Å²) >= 11 is 1.03. The zero-order valence-electron chi connectivity index (χ0n) is 56.4. The number of carbonyl (C=O) groups is 10. The summed E-state index contributed by atoms with van der Waals surface area (Å²) in [5.41, 5.74) is 8.31. The van der Waals surface area contributed by atoms with Crippen LogP contribution in [0.5, 0.6) is 0 Å². The maximum atomic E-state index is 15.1. The number of hydrogen-bond acceptors (Lipinski definition) is 18. The number of likely N-dealkylation sites (N-methyl/N-ethyl adjacent to an activating group) is 1. The van der Waals surface area contributed by atoms with Gasteiger partial charge in [0.05, 0.1) is 70.1 Å². The largest absolute Gasteiger partial charge is 0.393 e. The summed E-state index contributed by atoms with van der Waals surface area (Å²) in [6, 6.07) is -7.53. The summed E-state index contributed by atoms with van der Waals surface area (Å²) in [5.74, 6) is -10.8. The minimum absolute atomic E-state index is 0.00497. The van der Waals surface area contributed by atoms with Crippen molar-refractivity contribution < 1.29 is 88.2 Å². The normalized spacial score (nSPS) is 23.5. The number of nitrogens with zero attached hydrogens (tertiary/aromatic N) is 1. The zero-order chi connectivity index (χ0) is 70.0. The molecule has 0 aromatic carbocycles. The van der Waals surface area contributed by atoms with Crippen LogP contribution in [0.2, 0.25) is 0 Å². The molecule has 2 aliphatic heterocycles. The van der Waals surface area contributed by atoms with Crippen molar-refractivity contribution in [2.45, 2.75) is 274 Å². The molecule has 2 heterocycles. The SMILES string of the molecule is C/C=C1/NC(=O)C(NC(=O)[C@H](C)NC(=O)C(C)C(O)CCCCCCCCCCCCCCC(O)CC(O)CC(O)CC(O)CC(O)CCC(O)C[N+](C)(C)C)CC2(CSCCNC(=O)[C@H](CC(N)=O)NC(=O)[C@H](CCC(N)=O)NC2=O)NC(=O)[C@H]([C@@H](C)CC)NC1=O. The van der Waals surface area contributed by atoms with Crippen LogP contribution in [-0.4, -0.2) is 224 Å². The van der Waals surface area contributed by atoms with Crippen LogP contribution in [0.1, 0.15) is 195 Å². The molecule has 1 spiro atoms. The second-order valence-electron chi connectivity index (χ2n) is 26.8. The van der Waals surface area contributed by atoms with Crippen molar-refractivity contribution in [1.82, 2.24) is 42.5 Å². The predicted molar refractivity (Wildman–Crippen MR) is 351 cm³/mol. The third-order valence-electron chi connectivity index (χ3n) is 17.1. The number of amides is 10. The van der Waals surface area contributed by atoms with Crippen LogP contribution in [0.25, 0.3) is 0 Å². The number of carbonyl (C=O) groups excluding carboxylic acids is 10. The maximum absolute atomic E-state index is 15.1. The molecular weight excluding hydrogens is 1230 g/mol. The van der Waals surface area contributed by atoms with E-state index in [1.54, 1.807) is 13.8 Å². The van der Waals surface area contributed by atoms with E-state index in [0.717, 1.165) is 82.4 Å². The number of allylic oxidation sites excluding steroid dienone is 1. The summed E-state index contributed by atoms with van der Waals surface area (Å²) in [6.07, 6.45) is 6.83. The second kappa shape index (κ2) is 43.5. The number of nitrogens with one attached hydrogen (secondary N) is 8. The molecule has 0 aromatic heterocycles. The molecule has 534 valence electrons. The number of primary amides is 2. The molecule has 28 nitrogen and oxygen atoms in total. The first-order valence-electron chi connectivity index (χ1n) is 33.5. The van der Waals surface area contributed by atoms with Crippen LogP contribution < -0.4 is 54.0 Å². The molecule has 0 saturated carbocycles. The van der Waals surface area contributed by atoms with Crippen LogP contribution >= 0.6 is 11.8 Å². The quantitative estimate of drug-likeness (QED) is 0.0207. The van der Waals surface area contributed by atoms with Gasteiger partial charge >= 0.3 is 0 Å². The molecule has 0 radical (unpaired) electrons. The minimum Gasteiger partial charge on any atom is -0.393 e. The molecule has 10 unspecified atom stereocenters. The van der Waals surface area contributed by atoms with Gasteiger partial charge in [0.1, 0.15) is 54.1 Å². The van der Waals surface area contributed by atoms with Crippen LogP contribution in [0.4, 0.5) is 0 Å². The van der Waals surface area contributed by atoms with Crippen LogP contribution in [0.15, 0.2) is 11.8 Å². The van der Waals surface area contributed by atoms with E-state index >= 15 is 4.79 Å². The third kappa shape index (κ3) is 33.6. The van der Waals surface area contributed by atoms with Crippen molar-refractivity contribution >= 4 is 70.8 Å². The molecule has 0 aromatic rings. The average molecular weight is 1340 g/mol. The number of hydrogen-bond donors (Lipinski definition) is 17. The first-order valence-corrected chi connectivity index (χ1v) is 34.7. The number of aliphatic hydroxyl groups is 7. The van der Waals surface area contributed by atoms with Gasteiger partial charge in [-0.05, 0) is 77.6 Å². The third-order valence-corrected chi connectivity index (χ3v) is 18.3. The molecule has 0 aliphatic carbocycles. The molecule has 2 aliphatic rings. The minimum atomic E-state index is -2.23. The number of unbranched alkanes of at least 4 members (excludes halogenated alkanes) is 11. The molecule has 15 atom stereocenters. The zero-order valence-corrected chi connectivity index (χ0v) is 57.2. The summed E-state index contributed by atoms with van der Waals surface area (Å²) < 4.78 is 0.592. The highest BCUT2D eigenvalue weighted by molar-refractivity contribution is 7.99. The number of nitrogens with two attached hydrogens (primary N) is 2. The lowest BCUT2D eigenvalue weighted by molar-refractivity contribution is -0.873. The van der Waals surface area contributed by atoms with E-state index in [-0.39, 0.29) is 49.4 Å². The fraction of sp³-hybridized carbons (Fsp3) is 0.812. The van der Waals surface area contributed by atoms with Gasteiger partial charge in [-0.15, -0.1) is 0 Å². The maximum Gasteiger partial charge on any atom is 0.268 e. The van der Waals surface area contributed by atoms with E-state index in [4.69, 9.17) is 11.5 Å². The van der Waals surface area contributed by atoms with Crippen molar-refractivity contribution in [2.75, 3.05) is 45.7 Å². The number of aliphatic hydroxyl groups excluding tert-OH is 7. The van der Waals surface area contributed by atoms with E-state index in [1.807, 2.05) is 21.1 Å². The Morgan fingerprint density at radius 2 is 1.17 bits per heavy atom. The van der Waals surface area contributed by atoms with Gasteiger partial charge in [-0.25, -0.2) is 0 Å². The van der Waals surface area contributed by atoms with Gasteiger partial charge in [-0.2, -0.15) is 11.8 Å². The molecule has 29 heteroatoms. The second-order valence-corrected chi connectivity index (χ2v) is 27.9. The lowest BCUT2D eigenvalue weighted by Crippen LogP contribution is -2.68. The van der Waals surface area contributed by atoms with Gasteiger partial charge < -0.3 is 94.2 Å². The number of thioether (sulfide) groups is 1. The molecule has 2 rings (SSSR count). The Bertz CT molecular complexity index is 2400. The molecular formula is C64H116N11O17S+. The Kier molecular flexibility index (Phi) is 39.1. The Labute approximate surface area is 553 Å². The van der Waals surface area contributed by atoms with Gasteiger partial charge in [0, 0.05) is 30.9 Å². The highest BCUT2D eigenvalue weighted by Gasteiger charge is 2.48. The van der Waals surface area contributed by atoms with Crippen LogP contribution in [-0.2, 0) is 47.9 Å². The van der Waals surface area contributed by atoms with Gasteiger partial charge in [0.2, 0.25) is 53.2 Å².